The van der Waals surface area contributed by atoms with E-state index in [4.69, 9.17) is 4.74 Å². The summed E-state index contributed by atoms with van der Waals surface area (Å²) in [5.41, 5.74) is 0.732. The highest BCUT2D eigenvalue weighted by atomic mass is 16.5. The highest BCUT2D eigenvalue weighted by molar-refractivity contribution is 6.22. The van der Waals surface area contributed by atoms with Crippen LogP contribution in [0.2, 0.25) is 0 Å². The van der Waals surface area contributed by atoms with Crippen molar-refractivity contribution in [1.29, 1.82) is 0 Å². The molecule has 0 unspecified atom stereocenters. The quantitative estimate of drug-likeness (QED) is 0.534. The molecule has 0 spiro atoms. The fraction of sp³-hybridized carbons (Fsp3) is 0.615. The van der Waals surface area contributed by atoms with E-state index in [2.05, 4.69) is 19.2 Å². The summed E-state index contributed by atoms with van der Waals surface area (Å²) in [6, 6.07) is 4.44. The Morgan fingerprint density at radius 1 is 0.970 bits per heavy atom. The number of hydrogen-bond donors (Lipinski definition) is 1. The number of carbonyl (C=O) groups excluding carboxylic acids is 4. The van der Waals surface area contributed by atoms with Crippen molar-refractivity contribution in [2.75, 3.05) is 0 Å². The van der Waals surface area contributed by atoms with Crippen molar-refractivity contribution in [2.24, 2.45) is 11.8 Å². The molecule has 33 heavy (non-hydrogen) atoms. The number of ether oxygens (including phenoxy) is 1. The molecule has 0 aromatic heterocycles. The summed E-state index contributed by atoms with van der Waals surface area (Å²) in [6.45, 7) is 5.89. The predicted molar refractivity (Wildman–Crippen MR) is 123 cm³/mol. The van der Waals surface area contributed by atoms with Gasteiger partial charge in [0.25, 0.3) is 17.7 Å². The Bertz CT molecular complexity index is 952. The molecule has 2 saturated carbocycles. The summed E-state index contributed by atoms with van der Waals surface area (Å²) >= 11 is 0. The molecule has 4 atom stereocenters. The van der Waals surface area contributed by atoms with Gasteiger partial charge in [0.2, 0.25) is 0 Å². The molecule has 7 nitrogen and oxygen atoms in total. The third-order valence-electron chi connectivity index (χ3n) is 7.78. The number of hydrogen-bond acceptors (Lipinski definition) is 5. The van der Waals surface area contributed by atoms with Crippen LogP contribution in [0.5, 0.6) is 0 Å². The van der Waals surface area contributed by atoms with Gasteiger partial charge in [0.05, 0.1) is 16.7 Å². The molecule has 1 aromatic rings. The van der Waals surface area contributed by atoms with Crippen molar-refractivity contribution in [2.45, 2.75) is 90.3 Å². The van der Waals surface area contributed by atoms with E-state index in [0.717, 1.165) is 51.4 Å². The van der Waals surface area contributed by atoms with Gasteiger partial charge in [-0.1, -0.05) is 46.0 Å². The van der Waals surface area contributed by atoms with Gasteiger partial charge in [0.15, 0.2) is 6.10 Å². The first-order chi connectivity index (χ1) is 15.8. The molecule has 0 bridgehead atoms. The Kier molecular flexibility index (Phi) is 6.86. The van der Waals surface area contributed by atoms with Gasteiger partial charge in [-0.15, -0.1) is 0 Å². The van der Waals surface area contributed by atoms with Crippen LogP contribution >= 0.6 is 0 Å². The van der Waals surface area contributed by atoms with Gasteiger partial charge in [0, 0.05) is 12.1 Å². The zero-order chi connectivity index (χ0) is 23.7. The molecule has 7 heteroatoms. The van der Waals surface area contributed by atoms with Gasteiger partial charge in [-0.2, -0.15) is 0 Å². The molecule has 178 valence electrons. The second-order valence-electron chi connectivity index (χ2n) is 9.96. The maximum atomic E-state index is 13.0. The van der Waals surface area contributed by atoms with E-state index in [1.165, 1.54) is 23.1 Å². The molecule has 3 aliphatic rings. The van der Waals surface area contributed by atoms with E-state index >= 15 is 0 Å². The summed E-state index contributed by atoms with van der Waals surface area (Å²) in [5.74, 6) is -0.708. The van der Waals surface area contributed by atoms with Gasteiger partial charge in [-0.05, 0) is 56.2 Å². The minimum absolute atomic E-state index is 0.0739. The Hall–Kier alpha value is -2.70. The van der Waals surface area contributed by atoms with Crippen LogP contribution in [0.15, 0.2) is 18.2 Å². The first kappa shape index (κ1) is 23.5. The minimum atomic E-state index is -0.953. The molecule has 2 fully saturated rings. The second kappa shape index (κ2) is 9.65. The summed E-state index contributed by atoms with van der Waals surface area (Å²) in [6.07, 6.45) is 7.00. The lowest BCUT2D eigenvalue weighted by molar-refractivity contribution is -0.130. The SMILES string of the molecule is C[C@H]1[C@@H](NC(=O)[C@@H](C)OC(=O)c2ccc3c(c2)C(=O)N(C2CCCCC2)C3=O)CCC[C@@H]1C. The summed E-state index contributed by atoms with van der Waals surface area (Å²) < 4.78 is 5.41. The fourth-order valence-electron chi connectivity index (χ4n) is 5.43. The number of benzene rings is 1. The molecule has 0 saturated heterocycles. The highest BCUT2D eigenvalue weighted by Gasteiger charge is 2.40. The lowest BCUT2D eigenvalue weighted by atomic mass is 9.78. The van der Waals surface area contributed by atoms with Crippen LogP contribution in [-0.4, -0.2) is 46.8 Å². The van der Waals surface area contributed by atoms with Gasteiger partial charge in [-0.25, -0.2) is 4.79 Å². The number of amides is 3. The molecule has 4 rings (SSSR count). The van der Waals surface area contributed by atoms with Crippen molar-refractivity contribution in [3.05, 3.63) is 34.9 Å². The fourth-order valence-corrected chi connectivity index (χ4v) is 5.43. The number of fused-ring (bicyclic) bond motifs is 1. The van der Waals surface area contributed by atoms with Crippen molar-refractivity contribution in [1.82, 2.24) is 10.2 Å². The van der Waals surface area contributed by atoms with Crippen LogP contribution in [0.1, 0.15) is 103 Å². The van der Waals surface area contributed by atoms with Crippen LogP contribution in [0, 0.1) is 11.8 Å². The Morgan fingerprint density at radius 3 is 2.39 bits per heavy atom. The maximum absolute atomic E-state index is 13.0. The molecule has 2 aliphatic carbocycles. The molecular weight excluding hydrogens is 420 g/mol. The molecule has 1 aliphatic heterocycles. The molecular formula is C26H34N2O5. The van der Waals surface area contributed by atoms with Crippen LogP contribution in [-0.2, 0) is 9.53 Å². The van der Waals surface area contributed by atoms with E-state index in [1.807, 2.05) is 0 Å². The van der Waals surface area contributed by atoms with Crippen molar-refractivity contribution in [3.63, 3.8) is 0 Å². The first-order valence-corrected chi connectivity index (χ1v) is 12.3. The largest absolute Gasteiger partial charge is 0.449 e. The topological polar surface area (TPSA) is 92.8 Å². The van der Waals surface area contributed by atoms with Gasteiger partial charge >= 0.3 is 5.97 Å². The van der Waals surface area contributed by atoms with Crippen molar-refractivity contribution in [3.8, 4) is 0 Å². The van der Waals surface area contributed by atoms with Gasteiger partial charge in [-0.3, -0.25) is 19.3 Å². The number of imide groups is 1. The minimum Gasteiger partial charge on any atom is -0.449 e. The van der Waals surface area contributed by atoms with E-state index in [0.29, 0.717) is 17.4 Å². The van der Waals surface area contributed by atoms with Crippen LogP contribution in [0.4, 0.5) is 0 Å². The van der Waals surface area contributed by atoms with E-state index in [9.17, 15) is 19.2 Å². The Morgan fingerprint density at radius 2 is 1.67 bits per heavy atom. The van der Waals surface area contributed by atoms with Crippen LogP contribution in [0.3, 0.4) is 0 Å². The third kappa shape index (κ3) is 4.68. The number of nitrogens with one attached hydrogen (secondary N) is 1. The molecule has 1 N–H and O–H groups in total. The summed E-state index contributed by atoms with van der Waals surface area (Å²) in [4.78, 5) is 52.5. The molecule has 1 aromatic carbocycles. The van der Waals surface area contributed by atoms with E-state index in [-0.39, 0.29) is 40.9 Å². The summed E-state index contributed by atoms with van der Waals surface area (Å²) in [7, 11) is 0. The normalized spacial score (nSPS) is 26.6. The van der Waals surface area contributed by atoms with Gasteiger partial charge < -0.3 is 10.1 Å². The summed E-state index contributed by atoms with van der Waals surface area (Å²) in [5, 5.41) is 3.03. The third-order valence-corrected chi connectivity index (χ3v) is 7.78. The van der Waals surface area contributed by atoms with Crippen LogP contribution in [0.25, 0.3) is 0 Å². The molecule has 1 heterocycles. The van der Waals surface area contributed by atoms with Crippen molar-refractivity contribution >= 4 is 23.7 Å². The monoisotopic (exact) mass is 454 g/mol. The number of nitrogens with zero attached hydrogens (tertiary/aromatic N) is 1. The lowest BCUT2D eigenvalue weighted by Gasteiger charge is -2.35. The lowest BCUT2D eigenvalue weighted by Crippen LogP contribution is -2.47. The number of esters is 1. The maximum Gasteiger partial charge on any atom is 0.338 e. The van der Waals surface area contributed by atoms with Gasteiger partial charge in [0.1, 0.15) is 0 Å². The molecule has 0 radical (unpaired) electrons. The first-order valence-electron chi connectivity index (χ1n) is 12.3. The average Bonchev–Trinajstić information content (AvgIpc) is 3.06. The average molecular weight is 455 g/mol. The zero-order valence-electron chi connectivity index (χ0n) is 19.8. The second-order valence-corrected chi connectivity index (χ2v) is 9.96. The number of rotatable bonds is 5. The standard InChI is InChI=1S/C26H34N2O5/c1-15-8-7-11-22(16(15)2)27-23(29)17(3)33-26(32)18-12-13-20-21(14-18)25(31)28(24(20)30)19-9-5-4-6-10-19/h12-17,19,22H,4-11H2,1-3H3,(H,27,29)/t15-,16+,17+,22-/m0/s1. The molecule has 3 amide bonds. The smallest absolute Gasteiger partial charge is 0.338 e. The highest BCUT2D eigenvalue weighted by Crippen LogP contribution is 2.32. The number of carbonyl (C=O) groups is 4. The predicted octanol–water partition coefficient (Wildman–Crippen LogP) is 4.10. The Balaban J connectivity index is 1.41. The van der Waals surface area contributed by atoms with E-state index in [1.54, 1.807) is 6.92 Å². The zero-order valence-corrected chi connectivity index (χ0v) is 19.8. The van der Waals surface area contributed by atoms with Crippen LogP contribution < -0.4 is 5.32 Å². The Labute approximate surface area is 195 Å². The van der Waals surface area contributed by atoms with E-state index < -0.39 is 12.1 Å². The van der Waals surface area contributed by atoms with Crippen molar-refractivity contribution < 1.29 is 23.9 Å².